The maximum absolute atomic E-state index is 5.58. The number of hydrogen-bond donors (Lipinski definition) is 1. The first-order valence-electron chi connectivity index (χ1n) is 4.31. The van der Waals surface area contributed by atoms with Crippen molar-refractivity contribution in [2.24, 2.45) is 4.99 Å². The SMILES string of the molecule is C1=NC2CCNCOC2CC1. The molecule has 2 aliphatic heterocycles. The molecule has 3 heteroatoms. The van der Waals surface area contributed by atoms with Gasteiger partial charge >= 0.3 is 0 Å². The van der Waals surface area contributed by atoms with Crippen molar-refractivity contribution in [1.29, 1.82) is 0 Å². The van der Waals surface area contributed by atoms with Crippen molar-refractivity contribution < 1.29 is 4.74 Å². The van der Waals surface area contributed by atoms with Crippen molar-refractivity contribution >= 4 is 6.21 Å². The molecule has 0 amide bonds. The van der Waals surface area contributed by atoms with Crippen LogP contribution < -0.4 is 5.32 Å². The lowest BCUT2D eigenvalue weighted by atomic mass is 10.0. The van der Waals surface area contributed by atoms with Crippen LogP contribution in [0.15, 0.2) is 4.99 Å². The van der Waals surface area contributed by atoms with Gasteiger partial charge < -0.3 is 4.74 Å². The first kappa shape index (κ1) is 7.25. The zero-order chi connectivity index (χ0) is 7.52. The summed E-state index contributed by atoms with van der Waals surface area (Å²) in [5, 5.41) is 3.21. The lowest BCUT2D eigenvalue weighted by Crippen LogP contribution is -2.29. The second kappa shape index (κ2) is 3.32. The topological polar surface area (TPSA) is 33.6 Å². The van der Waals surface area contributed by atoms with Gasteiger partial charge in [-0.1, -0.05) is 0 Å². The van der Waals surface area contributed by atoms with E-state index in [2.05, 4.69) is 10.3 Å². The number of rotatable bonds is 0. The number of ether oxygens (including phenoxy) is 1. The first-order chi connectivity index (χ1) is 5.47. The Hall–Kier alpha value is -0.410. The summed E-state index contributed by atoms with van der Waals surface area (Å²) >= 11 is 0. The molecule has 2 unspecified atom stereocenters. The van der Waals surface area contributed by atoms with Gasteiger partial charge in [0.2, 0.25) is 0 Å². The van der Waals surface area contributed by atoms with Crippen molar-refractivity contribution in [2.75, 3.05) is 13.3 Å². The summed E-state index contributed by atoms with van der Waals surface area (Å²) in [7, 11) is 0. The monoisotopic (exact) mass is 154 g/mol. The van der Waals surface area contributed by atoms with E-state index in [0.717, 1.165) is 25.8 Å². The predicted octanol–water partition coefficient (Wildman–Crippen LogP) is 0.556. The number of fused-ring (bicyclic) bond motifs is 1. The molecular weight excluding hydrogens is 140 g/mol. The van der Waals surface area contributed by atoms with Gasteiger partial charge in [-0.15, -0.1) is 0 Å². The minimum atomic E-state index is 0.384. The summed E-state index contributed by atoms with van der Waals surface area (Å²) in [4.78, 5) is 4.42. The van der Waals surface area contributed by atoms with Gasteiger partial charge in [-0.2, -0.15) is 0 Å². The molecule has 0 bridgehead atoms. The zero-order valence-electron chi connectivity index (χ0n) is 6.62. The second-order valence-electron chi connectivity index (χ2n) is 3.11. The number of nitrogens with one attached hydrogen (secondary N) is 1. The highest BCUT2D eigenvalue weighted by Gasteiger charge is 2.24. The maximum Gasteiger partial charge on any atom is 0.0970 e. The minimum absolute atomic E-state index is 0.384. The third-order valence-electron chi connectivity index (χ3n) is 2.32. The molecule has 2 heterocycles. The van der Waals surface area contributed by atoms with Crippen LogP contribution in [-0.4, -0.2) is 31.6 Å². The van der Waals surface area contributed by atoms with Gasteiger partial charge in [0, 0.05) is 0 Å². The Labute approximate surface area is 66.8 Å². The van der Waals surface area contributed by atoms with Crippen LogP contribution in [0.5, 0.6) is 0 Å². The molecule has 0 spiro atoms. The second-order valence-corrected chi connectivity index (χ2v) is 3.11. The van der Waals surface area contributed by atoms with Gasteiger partial charge in [0.25, 0.3) is 0 Å². The third kappa shape index (κ3) is 1.60. The molecule has 62 valence electrons. The summed E-state index contributed by atoms with van der Waals surface area (Å²) in [5.74, 6) is 0. The zero-order valence-corrected chi connectivity index (χ0v) is 6.62. The summed E-state index contributed by atoms with van der Waals surface area (Å²) in [6.45, 7) is 1.75. The number of nitrogens with zero attached hydrogens (tertiary/aromatic N) is 1. The molecule has 0 aliphatic carbocycles. The van der Waals surface area contributed by atoms with Gasteiger partial charge in [-0.05, 0) is 32.0 Å². The molecular formula is C8H14N2O. The summed E-state index contributed by atoms with van der Waals surface area (Å²) in [6, 6.07) is 0.429. The van der Waals surface area contributed by atoms with E-state index in [1.165, 1.54) is 0 Å². The van der Waals surface area contributed by atoms with E-state index in [4.69, 9.17) is 4.74 Å². The minimum Gasteiger partial charge on any atom is -0.361 e. The van der Waals surface area contributed by atoms with Crippen LogP contribution in [-0.2, 0) is 4.74 Å². The van der Waals surface area contributed by atoms with E-state index < -0.39 is 0 Å². The van der Waals surface area contributed by atoms with Crippen LogP contribution in [0, 0.1) is 0 Å². The Morgan fingerprint density at radius 1 is 1.45 bits per heavy atom. The van der Waals surface area contributed by atoms with Crippen LogP contribution in [0.3, 0.4) is 0 Å². The molecule has 11 heavy (non-hydrogen) atoms. The normalized spacial score (nSPS) is 37.8. The number of aliphatic imine (C=N–C) groups is 1. The van der Waals surface area contributed by atoms with Crippen molar-refractivity contribution in [3.8, 4) is 0 Å². The van der Waals surface area contributed by atoms with Crippen LogP contribution in [0.4, 0.5) is 0 Å². The van der Waals surface area contributed by atoms with E-state index >= 15 is 0 Å². The highest BCUT2D eigenvalue weighted by atomic mass is 16.5. The molecule has 0 radical (unpaired) electrons. The first-order valence-corrected chi connectivity index (χ1v) is 4.31. The highest BCUT2D eigenvalue weighted by molar-refractivity contribution is 5.58. The average molecular weight is 154 g/mol. The Balaban J connectivity index is 2.02. The van der Waals surface area contributed by atoms with E-state index in [1.54, 1.807) is 0 Å². The van der Waals surface area contributed by atoms with E-state index in [9.17, 15) is 0 Å². The van der Waals surface area contributed by atoms with Crippen molar-refractivity contribution in [2.45, 2.75) is 31.4 Å². The molecule has 1 fully saturated rings. The summed E-state index contributed by atoms with van der Waals surface area (Å²) in [6.07, 6.45) is 5.78. The van der Waals surface area contributed by atoms with E-state index in [0.29, 0.717) is 18.9 Å². The van der Waals surface area contributed by atoms with Gasteiger partial charge in [0.15, 0.2) is 0 Å². The number of hydrogen-bond acceptors (Lipinski definition) is 3. The third-order valence-corrected chi connectivity index (χ3v) is 2.32. The van der Waals surface area contributed by atoms with E-state index in [1.807, 2.05) is 6.21 Å². The Morgan fingerprint density at radius 2 is 2.45 bits per heavy atom. The maximum atomic E-state index is 5.58. The molecule has 1 N–H and O–H groups in total. The van der Waals surface area contributed by atoms with Crippen LogP contribution >= 0.6 is 0 Å². The predicted molar refractivity (Wildman–Crippen MR) is 43.9 cm³/mol. The Kier molecular flexibility index (Phi) is 2.19. The Morgan fingerprint density at radius 3 is 3.45 bits per heavy atom. The van der Waals surface area contributed by atoms with Crippen LogP contribution in [0.1, 0.15) is 19.3 Å². The molecule has 0 aromatic carbocycles. The summed E-state index contributed by atoms with van der Waals surface area (Å²) in [5.41, 5.74) is 0. The van der Waals surface area contributed by atoms with Crippen LogP contribution in [0.2, 0.25) is 0 Å². The smallest absolute Gasteiger partial charge is 0.0970 e. The van der Waals surface area contributed by atoms with Crippen molar-refractivity contribution in [3.05, 3.63) is 0 Å². The van der Waals surface area contributed by atoms with Gasteiger partial charge in [-0.25, -0.2) is 0 Å². The van der Waals surface area contributed by atoms with Gasteiger partial charge in [0.05, 0.1) is 18.9 Å². The quantitative estimate of drug-likeness (QED) is 0.553. The molecule has 1 saturated heterocycles. The van der Waals surface area contributed by atoms with Gasteiger partial charge in [-0.3, -0.25) is 10.3 Å². The van der Waals surface area contributed by atoms with Gasteiger partial charge in [0.1, 0.15) is 0 Å². The lowest BCUT2D eigenvalue weighted by Gasteiger charge is -2.23. The van der Waals surface area contributed by atoms with E-state index in [-0.39, 0.29) is 0 Å². The molecule has 0 aromatic heterocycles. The molecule has 2 atom stereocenters. The molecule has 0 aromatic rings. The largest absolute Gasteiger partial charge is 0.361 e. The summed E-state index contributed by atoms with van der Waals surface area (Å²) < 4.78 is 5.58. The fraction of sp³-hybridized carbons (Fsp3) is 0.875. The van der Waals surface area contributed by atoms with Crippen molar-refractivity contribution in [1.82, 2.24) is 5.32 Å². The lowest BCUT2D eigenvalue weighted by molar-refractivity contribution is 0.0334. The van der Waals surface area contributed by atoms with Crippen LogP contribution in [0.25, 0.3) is 0 Å². The Bertz CT molecular complexity index is 158. The molecule has 0 saturated carbocycles. The highest BCUT2D eigenvalue weighted by Crippen LogP contribution is 2.18. The molecule has 3 nitrogen and oxygen atoms in total. The molecule has 2 aliphatic rings. The molecule has 2 rings (SSSR count). The van der Waals surface area contributed by atoms with Crippen molar-refractivity contribution in [3.63, 3.8) is 0 Å². The fourth-order valence-corrected chi connectivity index (χ4v) is 1.68. The standard InChI is InChI=1S/C8H14N2O/c1-2-8-7(10-4-1)3-5-9-6-11-8/h4,7-9H,1-3,5-6H2. The fourth-order valence-electron chi connectivity index (χ4n) is 1.68. The average Bonchev–Trinajstić information content (AvgIpc) is 2.28.